The lowest BCUT2D eigenvalue weighted by Crippen LogP contribution is -2.40. The Kier molecular flexibility index (Phi) is 5.50. The van der Waals surface area contributed by atoms with Crippen LogP contribution in [0.1, 0.15) is 56.4 Å². The first-order valence-corrected chi connectivity index (χ1v) is 7.73. The minimum Gasteiger partial charge on any atom is -0.334 e. The lowest BCUT2D eigenvalue weighted by atomic mass is 10.1. The molecule has 1 fully saturated rings. The molecule has 0 spiro atoms. The lowest BCUT2D eigenvalue weighted by molar-refractivity contribution is 0.0664. The van der Waals surface area contributed by atoms with Crippen LogP contribution >= 0.6 is 0 Å². The Morgan fingerprint density at radius 1 is 1.38 bits per heavy atom. The third-order valence-electron chi connectivity index (χ3n) is 4.01. The number of hydrogen-bond donors (Lipinski definition) is 2. The molecule has 1 heterocycles. The zero-order valence-corrected chi connectivity index (χ0v) is 12.9. The fourth-order valence-corrected chi connectivity index (χ4v) is 2.73. The third kappa shape index (κ3) is 4.14. The lowest BCUT2D eigenvalue weighted by Gasteiger charge is -2.29. The fraction of sp³-hybridized carbons (Fsp3) is 0.667. The number of nitrogens with one attached hydrogen (secondary N) is 1. The van der Waals surface area contributed by atoms with Crippen molar-refractivity contribution in [2.24, 2.45) is 11.8 Å². The molecule has 0 aromatic carbocycles. The molecule has 0 atom stereocenters. The molecule has 1 saturated carbocycles. The van der Waals surface area contributed by atoms with Gasteiger partial charge in [-0.05, 0) is 37.3 Å². The van der Waals surface area contributed by atoms with Crippen LogP contribution in [0.5, 0.6) is 0 Å². The van der Waals surface area contributed by atoms with Crippen molar-refractivity contribution in [1.29, 1.82) is 0 Å². The number of aromatic nitrogens is 2. The predicted octanol–water partition coefficient (Wildman–Crippen LogP) is 2.19. The molecule has 21 heavy (non-hydrogen) atoms. The van der Waals surface area contributed by atoms with Crippen molar-refractivity contribution in [2.45, 2.75) is 52.0 Å². The number of nitrogens with two attached hydrogens (primary N) is 1. The van der Waals surface area contributed by atoms with Crippen molar-refractivity contribution >= 4 is 11.7 Å². The van der Waals surface area contributed by atoms with Gasteiger partial charge in [-0.3, -0.25) is 4.79 Å². The number of hydrazine groups is 1. The largest absolute Gasteiger partial charge is 0.334 e. The van der Waals surface area contributed by atoms with E-state index in [9.17, 15) is 4.79 Å². The first-order valence-electron chi connectivity index (χ1n) is 7.73. The summed E-state index contributed by atoms with van der Waals surface area (Å²) in [5.41, 5.74) is 2.81. The summed E-state index contributed by atoms with van der Waals surface area (Å²) in [7, 11) is 0. The van der Waals surface area contributed by atoms with Gasteiger partial charge in [0, 0.05) is 12.6 Å². The highest BCUT2D eigenvalue weighted by Gasteiger charge is 2.28. The summed E-state index contributed by atoms with van der Waals surface area (Å²) >= 11 is 0. The second-order valence-electron chi connectivity index (χ2n) is 6.07. The Bertz CT molecular complexity index is 454. The maximum atomic E-state index is 12.7. The van der Waals surface area contributed by atoms with Gasteiger partial charge in [-0.2, -0.15) is 0 Å². The summed E-state index contributed by atoms with van der Waals surface area (Å²) < 4.78 is 0. The highest BCUT2D eigenvalue weighted by atomic mass is 16.2. The molecule has 1 aliphatic carbocycles. The quantitative estimate of drug-likeness (QED) is 0.620. The number of anilines is 1. The van der Waals surface area contributed by atoms with E-state index in [1.807, 2.05) is 4.90 Å². The van der Waals surface area contributed by atoms with Crippen molar-refractivity contribution in [3.8, 4) is 0 Å². The second kappa shape index (κ2) is 7.36. The Morgan fingerprint density at radius 3 is 2.62 bits per heavy atom. The average molecular weight is 291 g/mol. The van der Waals surface area contributed by atoms with Crippen molar-refractivity contribution < 1.29 is 4.79 Å². The van der Waals surface area contributed by atoms with E-state index in [0.717, 1.165) is 25.8 Å². The Labute approximate surface area is 126 Å². The van der Waals surface area contributed by atoms with Gasteiger partial charge in [-0.25, -0.2) is 5.84 Å². The molecule has 3 N–H and O–H groups in total. The van der Waals surface area contributed by atoms with Crippen LogP contribution in [0.3, 0.4) is 0 Å². The van der Waals surface area contributed by atoms with Crippen LogP contribution in [0.4, 0.5) is 5.82 Å². The summed E-state index contributed by atoms with van der Waals surface area (Å²) in [6, 6.07) is 3.71. The molecule has 0 radical (unpaired) electrons. The molecule has 0 unspecified atom stereocenters. The number of carbonyl (C=O) groups excluding carboxylic acids is 1. The monoisotopic (exact) mass is 291 g/mol. The first-order chi connectivity index (χ1) is 10.1. The van der Waals surface area contributed by atoms with Crippen LogP contribution in [0.25, 0.3) is 0 Å². The Morgan fingerprint density at radius 2 is 2.10 bits per heavy atom. The average Bonchev–Trinajstić information content (AvgIpc) is 3.01. The van der Waals surface area contributed by atoms with E-state index in [-0.39, 0.29) is 5.91 Å². The molecule has 2 rings (SSSR count). The minimum atomic E-state index is -0.0152. The van der Waals surface area contributed by atoms with Crippen LogP contribution in [-0.2, 0) is 0 Å². The van der Waals surface area contributed by atoms with Gasteiger partial charge in [0.2, 0.25) is 0 Å². The third-order valence-corrected chi connectivity index (χ3v) is 4.01. The molecular formula is C15H25N5O. The normalized spacial score (nSPS) is 15.4. The Balaban J connectivity index is 2.11. The molecule has 1 aromatic heterocycles. The van der Waals surface area contributed by atoms with E-state index >= 15 is 0 Å². The van der Waals surface area contributed by atoms with Gasteiger partial charge in [-0.15, -0.1) is 10.2 Å². The molecule has 1 aromatic rings. The maximum Gasteiger partial charge on any atom is 0.274 e. The van der Waals surface area contributed by atoms with Gasteiger partial charge in [0.1, 0.15) is 0 Å². The summed E-state index contributed by atoms with van der Waals surface area (Å²) in [6.45, 7) is 5.15. The molecule has 0 saturated heterocycles. The van der Waals surface area contributed by atoms with Crippen LogP contribution in [0.2, 0.25) is 0 Å². The summed E-state index contributed by atoms with van der Waals surface area (Å²) in [4.78, 5) is 14.7. The highest BCUT2D eigenvalue weighted by molar-refractivity contribution is 5.92. The number of hydrogen-bond acceptors (Lipinski definition) is 5. The summed E-state index contributed by atoms with van der Waals surface area (Å²) in [5, 5.41) is 7.87. The van der Waals surface area contributed by atoms with Crippen molar-refractivity contribution in [2.75, 3.05) is 12.0 Å². The maximum absolute atomic E-state index is 12.7. The number of rotatable bonds is 6. The number of nitrogen functional groups attached to an aromatic ring is 1. The van der Waals surface area contributed by atoms with Crippen LogP contribution in [0.15, 0.2) is 12.1 Å². The van der Waals surface area contributed by atoms with E-state index in [2.05, 4.69) is 29.5 Å². The molecule has 6 heteroatoms. The molecule has 1 aliphatic rings. The van der Waals surface area contributed by atoms with E-state index < -0.39 is 0 Å². The SMILES string of the molecule is CC(C)CCN(C(=O)c1ccc(NN)nn1)C1CCCC1. The fourth-order valence-electron chi connectivity index (χ4n) is 2.73. The molecule has 1 amide bonds. The van der Waals surface area contributed by atoms with Gasteiger partial charge in [0.25, 0.3) is 5.91 Å². The summed E-state index contributed by atoms with van der Waals surface area (Å²) in [5.74, 6) is 6.29. The van der Waals surface area contributed by atoms with Gasteiger partial charge >= 0.3 is 0 Å². The first kappa shape index (κ1) is 15.7. The van der Waals surface area contributed by atoms with Gasteiger partial charge in [0.05, 0.1) is 0 Å². The van der Waals surface area contributed by atoms with Gasteiger partial charge in [0.15, 0.2) is 11.5 Å². The van der Waals surface area contributed by atoms with Crippen LogP contribution in [-0.4, -0.2) is 33.6 Å². The molecule has 116 valence electrons. The number of nitrogens with zero attached hydrogens (tertiary/aromatic N) is 3. The second-order valence-corrected chi connectivity index (χ2v) is 6.07. The predicted molar refractivity (Wildman–Crippen MR) is 82.6 cm³/mol. The zero-order valence-electron chi connectivity index (χ0n) is 12.9. The van der Waals surface area contributed by atoms with Gasteiger partial charge < -0.3 is 10.3 Å². The Hall–Kier alpha value is -1.69. The minimum absolute atomic E-state index is 0.0152. The smallest absolute Gasteiger partial charge is 0.274 e. The molecular weight excluding hydrogens is 266 g/mol. The topological polar surface area (TPSA) is 84.1 Å². The van der Waals surface area contributed by atoms with Crippen molar-refractivity contribution in [1.82, 2.24) is 15.1 Å². The number of carbonyl (C=O) groups is 1. The summed E-state index contributed by atoms with van der Waals surface area (Å²) in [6.07, 6.45) is 5.62. The van der Waals surface area contributed by atoms with E-state index in [1.54, 1.807) is 12.1 Å². The van der Waals surface area contributed by atoms with E-state index in [4.69, 9.17) is 5.84 Å². The molecule has 0 aliphatic heterocycles. The van der Waals surface area contributed by atoms with Crippen molar-refractivity contribution in [3.05, 3.63) is 17.8 Å². The molecule has 6 nitrogen and oxygen atoms in total. The van der Waals surface area contributed by atoms with Crippen LogP contribution < -0.4 is 11.3 Å². The van der Waals surface area contributed by atoms with Crippen molar-refractivity contribution in [3.63, 3.8) is 0 Å². The molecule has 0 bridgehead atoms. The highest BCUT2D eigenvalue weighted by Crippen LogP contribution is 2.25. The standard InChI is InChI=1S/C15H25N5O/c1-11(2)9-10-20(12-5-3-4-6-12)15(21)13-7-8-14(17-16)19-18-13/h7-8,11-12H,3-6,9-10,16H2,1-2H3,(H,17,19). The van der Waals surface area contributed by atoms with Crippen LogP contribution in [0, 0.1) is 5.92 Å². The van der Waals surface area contributed by atoms with Gasteiger partial charge in [-0.1, -0.05) is 26.7 Å². The zero-order chi connectivity index (χ0) is 15.2. The van der Waals surface area contributed by atoms with E-state index in [0.29, 0.717) is 23.5 Å². The van der Waals surface area contributed by atoms with E-state index in [1.165, 1.54) is 12.8 Å². The number of amides is 1.